The van der Waals surface area contributed by atoms with Crippen LogP contribution in [0.15, 0.2) is 82.2 Å². The summed E-state index contributed by atoms with van der Waals surface area (Å²) in [6.45, 7) is -0.0342. The lowest BCUT2D eigenvalue weighted by atomic mass is 10.2. The summed E-state index contributed by atoms with van der Waals surface area (Å²) in [5.41, 5.74) is 1.50. The SMILES string of the molecule is CN(Cc1ccccc1)C(=O)CN(Cc1ccc(Cl)cc1Cl)S(=O)(=O)c1ccc(Br)cc1. The molecule has 5 nitrogen and oxygen atoms in total. The van der Waals surface area contributed by atoms with Crippen LogP contribution in [-0.2, 0) is 27.9 Å². The lowest BCUT2D eigenvalue weighted by molar-refractivity contribution is -0.130. The van der Waals surface area contributed by atoms with Gasteiger partial charge in [0, 0.05) is 34.7 Å². The lowest BCUT2D eigenvalue weighted by Crippen LogP contribution is -2.41. The molecule has 0 saturated carbocycles. The van der Waals surface area contributed by atoms with Crippen LogP contribution in [0.1, 0.15) is 11.1 Å². The van der Waals surface area contributed by atoms with Crippen LogP contribution in [0.3, 0.4) is 0 Å². The number of likely N-dealkylation sites (N-methyl/N-ethyl adjacent to an activating group) is 1. The quantitative estimate of drug-likeness (QED) is 0.363. The van der Waals surface area contributed by atoms with E-state index in [4.69, 9.17) is 23.2 Å². The fraction of sp³-hybridized carbons (Fsp3) is 0.174. The van der Waals surface area contributed by atoms with Gasteiger partial charge in [-0.2, -0.15) is 4.31 Å². The van der Waals surface area contributed by atoms with Gasteiger partial charge in [0.25, 0.3) is 0 Å². The average molecular weight is 556 g/mol. The standard InChI is InChI=1S/C23H21BrCl2N2O3S/c1-27(14-17-5-3-2-4-6-17)23(29)16-28(15-18-7-10-20(25)13-22(18)26)32(30,31)21-11-8-19(24)9-12-21/h2-13H,14-16H2,1H3. The Labute approximate surface area is 206 Å². The van der Waals surface area contributed by atoms with Crippen molar-refractivity contribution < 1.29 is 13.2 Å². The number of hydrogen-bond donors (Lipinski definition) is 0. The highest BCUT2D eigenvalue weighted by molar-refractivity contribution is 9.10. The van der Waals surface area contributed by atoms with E-state index in [1.165, 1.54) is 17.0 Å². The Morgan fingerprint density at radius 3 is 2.22 bits per heavy atom. The summed E-state index contributed by atoms with van der Waals surface area (Å²) >= 11 is 15.6. The summed E-state index contributed by atoms with van der Waals surface area (Å²) in [5.74, 6) is -0.334. The van der Waals surface area contributed by atoms with Crippen LogP contribution < -0.4 is 0 Å². The van der Waals surface area contributed by atoms with Crippen molar-refractivity contribution >= 4 is 55.1 Å². The maximum absolute atomic E-state index is 13.4. The zero-order chi connectivity index (χ0) is 23.3. The molecule has 0 radical (unpaired) electrons. The van der Waals surface area contributed by atoms with Crippen molar-refractivity contribution in [2.24, 2.45) is 0 Å². The number of carbonyl (C=O) groups is 1. The molecule has 0 unspecified atom stereocenters. The van der Waals surface area contributed by atoms with Crippen molar-refractivity contribution in [3.8, 4) is 0 Å². The van der Waals surface area contributed by atoms with Crippen molar-refractivity contribution in [3.63, 3.8) is 0 Å². The number of rotatable bonds is 8. The second-order valence-corrected chi connectivity index (χ2v) is 10.9. The summed E-state index contributed by atoms with van der Waals surface area (Å²) in [4.78, 5) is 14.6. The predicted octanol–water partition coefficient (Wildman–Crippen LogP) is 5.61. The first-order chi connectivity index (χ1) is 15.2. The topological polar surface area (TPSA) is 57.7 Å². The maximum atomic E-state index is 13.4. The van der Waals surface area contributed by atoms with Gasteiger partial charge in [0.2, 0.25) is 15.9 Å². The Morgan fingerprint density at radius 2 is 1.59 bits per heavy atom. The third-order valence-corrected chi connectivity index (χ3v) is 7.73. The highest BCUT2D eigenvalue weighted by Gasteiger charge is 2.28. The first-order valence-corrected chi connectivity index (χ1v) is 12.6. The number of carbonyl (C=O) groups excluding carboxylic acids is 1. The highest BCUT2D eigenvalue weighted by Crippen LogP contribution is 2.26. The summed E-state index contributed by atoms with van der Waals surface area (Å²) in [5, 5.41) is 0.776. The normalized spacial score (nSPS) is 11.5. The fourth-order valence-electron chi connectivity index (χ4n) is 3.04. The minimum atomic E-state index is -3.97. The largest absolute Gasteiger partial charge is 0.340 e. The predicted molar refractivity (Wildman–Crippen MR) is 131 cm³/mol. The van der Waals surface area contributed by atoms with Gasteiger partial charge in [0.1, 0.15) is 0 Å². The van der Waals surface area contributed by atoms with Gasteiger partial charge in [-0.25, -0.2) is 8.42 Å². The van der Waals surface area contributed by atoms with Gasteiger partial charge in [-0.1, -0.05) is 75.5 Å². The molecule has 0 atom stereocenters. The molecule has 0 spiro atoms. The number of amides is 1. The van der Waals surface area contributed by atoms with Gasteiger partial charge in [0.15, 0.2) is 0 Å². The number of sulfonamides is 1. The molecule has 9 heteroatoms. The Balaban J connectivity index is 1.88. The minimum absolute atomic E-state index is 0.0701. The Hall–Kier alpha value is -1.90. The molecule has 168 valence electrons. The van der Waals surface area contributed by atoms with Crippen molar-refractivity contribution in [3.05, 3.63) is 98.4 Å². The molecule has 3 rings (SSSR count). The summed E-state index contributed by atoms with van der Waals surface area (Å²) in [6.07, 6.45) is 0. The number of nitrogens with zero attached hydrogens (tertiary/aromatic N) is 2. The molecular weight excluding hydrogens is 535 g/mol. The van der Waals surface area contributed by atoms with E-state index in [1.807, 2.05) is 30.3 Å². The van der Waals surface area contributed by atoms with E-state index in [1.54, 1.807) is 37.4 Å². The van der Waals surface area contributed by atoms with Crippen molar-refractivity contribution in [2.75, 3.05) is 13.6 Å². The molecule has 0 aliphatic heterocycles. The molecule has 0 bridgehead atoms. The fourth-order valence-corrected chi connectivity index (χ4v) is 5.14. The molecule has 0 aliphatic rings. The lowest BCUT2D eigenvalue weighted by Gasteiger charge is -2.25. The van der Waals surface area contributed by atoms with Crippen molar-refractivity contribution in [2.45, 2.75) is 18.0 Å². The molecule has 0 saturated heterocycles. The van der Waals surface area contributed by atoms with Crippen LogP contribution in [0, 0.1) is 0 Å². The second kappa shape index (κ2) is 10.8. The first-order valence-electron chi connectivity index (χ1n) is 9.64. The van der Waals surface area contributed by atoms with Gasteiger partial charge in [-0.15, -0.1) is 0 Å². The van der Waals surface area contributed by atoms with E-state index in [2.05, 4.69) is 15.9 Å². The third-order valence-electron chi connectivity index (χ3n) is 4.81. The van der Waals surface area contributed by atoms with E-state index in [-0.39, 0.29) is 23.9 Å². The van der Waals surface area contributed by atoms with Crippen LogP contribution in [0.25, 0.3) is 0 Å². The Kier molecular flexibility index (Phi) is 8.36. The second-order valence-electron chi connectivity index (χ2n) is 7.20. The van der Waals surface area contributed by atoms with Crippen LogP contribution in [0.4, 0.5) is 0 Å². The van der Waals surface area contributed by atoms with Crippen molar-refractivity contribution in [1.82, 2.24) is 9.21 Å². The van der Waals surface area contributed by atoms with Crippen molar-refractivity contribution in [1.29, 1.82) is 0 Å². The zero-order valence-corrected chi connectivity index (χ0v) is 21.1. The molecule has 0 heterocycles. The number of hydrogen-bond acceptors (Lipinski definition) is 3. The number of halogens is 3. The smallest absolute Gasteiger partial charge is 0.243 e. The summed E-state index contributed by atoms with van der Waals surface area (Å²) < 4.78 is 28.7. The maximum Gasteiger partial charge on any atom is 0.243 e. The Bertz CT molecular complexity index is 1190. The molecule has 32 heavy (non-hydrogen) atoms. The minimum Gasteiger partial charge on any atom is -0.340 e. The van der Waals surface area contributed by atoms with Crippen LogP contribution in [0.2, 0.25) is 10.0 Å². The summed E-state index contributed by atoms with van der Waals surface area (Å²) in [7, 11) is -2.32. The van der Waals surface area contributed by atoms with Crippen LogP contribution >= 0.6 is 39.1 Å². The summed E-state index contributed by atoms with van der Waals surface area (Å²) in [6, 6.07) is 20.6. The Morgan fingerprint density at radius 1 is 0.938 bits per heavy atom. The van der Waals surface area contributed by atoms with Gasteiger partial charge < -0.3 is 4.90 Å². The molecule has 3 aromatic carbocycles. The van der Waals surface area contributed by atoms with E-state index in [9.17, 15) is 13.2 Å². The molecule has 0 aliphatic carbocycles. The van der Waals surface area contributed by atoms with E-state index in [0.717, 1.165) is 14.3 Å². The zero-order valence-electron chi connectivity index (χ0n) is 17.2. The van der Waals surface area contributed by atoms with Crippen LogP contribution in [-0.4, -0.2) is 37.1 Å². The average Bonchev–Trinajstić information content (AvgIpc) is 2.75. The third kappa shape index (κ3) is 6.33. The van der Waals surface area contributed by atoms with Gasteiger partial charge in [-0.3, -0.25) is 4.79 Å². The first kappa shape index (κ1) is 24.7. The molecule has 0 N–H and O–H groups in total. The van der Waals surface area contributed by atoms with Gasteiger partial charge in [0.05, 0.1) is 11.4 Å². The molecular formula is C23H21BrCl2N2O3S. The van der Waals surface area contributed by atoms with Gasteiger partial charge >= 0.3 is 0 Å². The molecule has 3 aromatic rings. The van der Waals surface area contributed by atoms with E-state index >= 15 is 0 Å². The molecule has 0 aromatic heterocycles. The highest BCUT2D eigenvalue weighted by atomic mass is 79.9. The van der Waals surface area contributed by atoms with Crippen LogP contribution in [0.5, 0.6) is 0 Å². The van der Waals surface area contributed by atoms with E-state index < -0.39 is 10.0 Å². The molecule has 0 fully saturated rings. The van der Waals surface area contributed by atoms with E-state index in [0.29, 0.717) is 22.2 Å². The monoisotopic (exact) mass is 554 g/mol. The molecule has 1 amide bonds. The number of benzene rings is 3. The van der Waals surface area contributed by atoms with Gasteiger partial charge in [-0.05, 0) is 47.5 Å².